The zero-order valence-electron chi connectivity index (χ0n) is 18.2. The third-order valence-corrected chi connectivity index (χ3v) is 5.37. The van der Waals surface area contributed by atoms with E-state index in [2.05, 4.69) is 19.9 Å². The van der Waals surface area contributed by atoms with Crippen molar-refractivity contribution in [2.45, 2.75) is 25.3 Å². The molecule has 2 heterocycles. The Balaban J connectivity index is 1.50. The molecule has 2 aliphatic heterocycles. The molecule has 0 unspecified atom stereocenters. The van der Waals surface area contributed by atoms with Crippen molar-refractivity contribution in [3.8, 4) is 17.2 Å². The number of carbonyl (C=O) groups excluding carboxylic acids is 1. The molecular formula is C23H24F3N3O5. The highest BCUT2D eigenvalue weighted by molar-refractivity contribution is 6.03. The van der Waals surface area contributed by atoms with Crippen LogP contribution in [-0.4, -0.2) is 61.0 Å². The lowest BCUT2D eigenvalue weighted by Crippen LogP contribution is -2.31. The van der Waals surface area contributed by atoms with Crippen molar-refractivity contribution in [1.29, 1.82) is 0 Å². The summed E-state index contributed by atoms with van der Waals surface area (Å²) in [5.41, 5.74) is 0.981. The van der Waals surface area contributed by atoms with Crippen LogP contribution in [0.4, 0.5) is 23.7 Å². The van der Waals surface area contributed by atoms with E-state index in [1.165, 1.54) is 12.1 Å². The Morgan fingerprint density at radius 3 is 2.44 bits per heavy atom. The number of amides is 2. The molecule has 11 heteroatoms. The molecule has 0 bridgehead atoms. The van der Waals surface area contributed by atoms with Gasteiger partial charge in [0, 0.05) is 12.2 Å². The average molecular weight is 479 g/mol. The molecule has 2 amide bonds. The number of hydrogen-bond acceptors (Lipinski definition) is 6. The number of rotatable bonds is 6. The molecule has 0 aliphatic carbocycles. The lowest BCUT2D eigenvalue weighted by molar-refractivity contribution is -0.274. The molecule has 1 atom stereocenters. The van der Waals surface area contributed by atoms with E-state index in [9.17, 15) is 23.1 Å². The fourth-order valence-corrected chi connectivity index (χ4v) is 3.80. The number of likely N-dealkylation sites (tertiary alicyclic amines) is 1. The van der Waals surface area contributed by atoms with Crippen LogP contribution in [-0.2, 0) is 0 Å². The van der Waals surface area contributed by atoms with E-state index in [1.54, 1.807) is 18.2 Å². The molecule has 2 N–H and O–H groups in total. The fraction of sp³-hybridized carbons (Fsp3) is 0.391. The van der Waals surface area contributed by atoms with E-state index in [1.807, 2.05) is 0 Å². The highest BCUT2D eigenvalue weighted by Crippen LogP contribution is 2.33. The predicted octanol–water partition coefficient (Wildman–Crippen LogP) is 4.16. The zero-order valence-corrected chi connectivity index (χ0v) is 18.2. The van der Waals surface area contributed by atoms with Crippen molar-refractivity contribution in [3.05, 3.63) is 48.0 Å². The van der Waals surface area contributed by atoms with Gasteiger partial charge in [0.25, 0.3) is 0 Å². The Morgan fingerprint density at radius 2 is 1.76 bits per heavy atom. The van der Waals surface area contributed by atoms with Crippen LogP contribution in [0.2, 0.25) is 0 Å². The third-order valence-electron chi connectivity index (χ3n) is 5.37. The number of urea groups is 1. The molecular weight excluding hydrogens is 455 g/mol. The third kappa shape index (κ3) is 6.39. The summed E-state index contributed by atoms with van der Waals surface area (Å²) in [6, 6.07) is 9.01. The Morgan fingerprint density at radius 1 is 1.09 bits per heavy atom. The average Bonchev–Trinajstić information content (AvgIpc) is 3.31. The van der Waals surface area contributed by atoms with Crippen molar-refractivity contribution in [2.75, 3.05) is 38.2 Å². The van der Waals surface area contributed by atoms with Gasteiger partial charge in [-0.2, -0.15) is 4.99 Å². The number of aliphatic hydroxyl groups excluding tert-OH is 1. The summed E-state index contributed by atoms with van der Waals surface area (Å²) < 4.78 is 51.9. The summed E-state index contributed by atoms with van der Waals surface area (Å²) in [7, 11) is 0. The van der Waals surface area contributed by atoms with E-state index < -0.39 is 24.2 Å². The summed E-state index contributed by atoms with van der Waals surface area (Å²) in [5.74, 6) is 0.683. The van der Waals surface area contributed by atoms with Gasteiger partial charge in [-0.1, -0.05) is 6.07 Å². The number of fused-ring (bicyclic) bond motifs is 1. The van der Waals surface area contributed by atoms with E-state index in [0.29, 0.717) is 36.8 Å². The molecule has 2 aromatic carbocycles. The number of alkyl halides is 3. The quantitative estimate of drug-likeness (QED) is 0.605. The maximum Gasteiger partial charge on any atom is 0.573 e. The molecule has 34 heavy (non-hydrogen) atoms. The predicted molar refractivity (Wildman–Crippen MR) is 118 cm³/mol. The molecule has 1 fully saturated rings. The maximum absolute atomic E-state index is 12.6. The number of hydrogen-bond donors (Lipinski definition) is 2. The second-order valence-corrected chi connectivity index (χ2v) is 7.89. The standard InChI is InChI=1S/C23H24F3N3O5/c24-23(25,26)34-17-6-4-16(5-7-17)27-22(31)28-18(14-29-9-1-2-10-29)21(30)15-3-8-19-20(13-15)33-12-11-32-19/h3-8,13,21,30H,1-2,9-12,14H2,(H,27,31)/t21-/m1/s1. The molecule has 1 saturated heterocycles. The zero-order chi connectivity index (χ0) is 24.1. The molecule has 2 aliphatic rings. The summed E-state index contributed by atoms with van der Waals surface area (Å²) in [6.45, 7) is 2.79. The van der Waals surface area contributed by atoms with E-state index in [-0.39, 0.29) is 11.4 Å². The van der Waals surface area contributed by atoms with E-state index in [0.717, 1.165) is 38.1 Å². The minimum absolute atomic E-state index is 0.234. The molecule has 8 nitrogen and oxygen atoms in total. The van der Waals surface area contributed by atoms with Gasteiger partial charge in [0.05, 0.1) is 5.71 Å². The molecule has 0 aromatic heterocycles. The van der Waals surface area contributed by atoms with Crippen LogP contribution >= 0.6 is 0 Å². The Kier molecular flexibility index (Phi) is 7.23. The highest BCUT2D eigenvalue weighted by atomic mass is 19.4. The Bertz CT molecular complexity index is 1040. The van der Waals surface area contributed by atoms with Crippen molar-refractivity contribution in [1.82, 2.24) is 4.90 Å². The van der Waals surface area contributed by atoms with Gasteiger partial charge >= 0.3 is 12.4 Å². The highest BCUT2D eigenvalue weighted by Gasteiger charge is 2.31. The van der Waals surface area contributed by atoms with Gasteiger partial charge < -0.3 is 24.6 Å². The smallest absolute Gasteiger partial charge is 0.486 e. The first-order valence-corrected chi connectivity index (χ1v) is 10.8. The lowest BCUT2D eigenvalue weighted by Gasteiger charge is -2.23. The summed E-state index contributed by atoms with van der Waals surface area (Å²) in [4.78, 5) is 18.8. The van der Waals surface area contributed by atoms with Crippen LogP contribution in [0.1, 0.15) is 24.5 Å². The molecule has 0 radical (unpaired) electrons. The number of anilines is 1. The van der Waals surface area contributed by atoms with Crippen LogP contribution in [0.5, 0.6) is 17.2 Å². The molecule has 182 valence electrons. The van der Waals surface area contributed by atoms with Crippen LogP contribution in [0.15, 0.2) is 47.5 Å². The minimum atomic E-state index is -4.80. The summed E-state index contributed by atoms with van der Waals surface area (Å²) >= 11 is 0. The second kappa shape index (κ2) is 10.3. The number of carbonyl (C=O) groups is 1. The van der Waals surface area contributed by atoms with E-state index >= 15 is 0 Å². The molecule has 2 aromatic rings. The lowest BCUT2D eigenvalue weighted by atomic mass is 10.0. The second-order valence-electron chi connectivity index (χ2n) is 7.89. The number of aliphatic imine (C=N–C) groups is 1. The minimum Gasteiger partial charge on any atom is -0.486 e. The maximum atomic E-state index is 12.6. The van der Waals surface area contributed by atoms with Gasteiger partial charge in [-0.25, -0.2) is 4.79 Å². The van der Waals surface area contributed by atoms with Gasteiger partial charge in [0.2, 0.25) is 0 Å². The fourth-order valence-electron chi connectivity index (χ4n) is 3.80. The Hall–Kier alpha value is -3.31. The summed E-state index contributed by atoms with van der Waals surface area (Å²) in [6.07, 6.45) is -3.92. The SMILES string of the molecule is O=C(N=C(CN1CCCC1)[C@H](O)c1ccc2c(c1)OCCO2)Nc1ccc(OC(F)(F)F)cc1. The van der Waals surface area contributed by atoms with Crippen LogP contribution in [0.25, 0.3) is 0 Å². The van der Waals surface area contributed by atoms with Crippen molar-refractivity contribution in [2.24, 2.45) is 4.99 Å². The summed E-state index contributed by atoms with van der Waals surface area (Å²) in [5, 5.41) is 13.6. The Labute approximate surface area is 193 Å². The van der Waals surface area contributed by atoms with Crippen LogP contribution in [0.3, 0.4) is 0 Å². The first-order valence-electron chi connectivity index (χ1n) is 10.8. The largest absolute Gasteiger partial charge is 0.573 e. The van der Waals surface area contributed by atoms with Crippen LogP contribution < -0.4 is 19.5 Å². The van der Waals surface area contributed by atoms with Gasteiger partial charge in [-0.3, -0.25) is 4.90 Å². The monoisotopic (exact) mass is 479 g/mol. The number of benzene rings is 2. The molecule has 4 rings (SSSR count). The number of halogens is 3. The normalized spacial score (nSPS) is 17.4. The molecule has 0 spiro atoms. The van der Waals surface area contributed by atoms with Gasteiger partial charge in [0.1, 0.15) is 25.1 Å². The van der Waals surface area contributed by atoms with Gasteiger partial charge in [-0.15, -0.1) is 13.2 Å². The number of ether oxygens (including phenoxy) is 3. The number of nitrogens with one attached hydrogen (secondary N) is 1. The van der Waals surface area contributed by atoms with Gasteiger partial charge in [0.15, 0.2) is 11.5 Å². The van der Waals surface area contributed by atoms with E-state index in [4.69, 9.17) is 9.47 Å². The first-order chi connectivity index (χ1) is 16.3. The van der Waals surface area contributed by atoms with Gasteiger partial charge in [-0.05, 0) is 67.9 Å². The molecule has 0 saturated carbocycles. The van der Waals surface area contributed by atoms with Crippen LogP contribution in [0, 0.1) is 0 Å². The van der Waals surface area contributed by atoms with Crippen molar-refractivity contribution >= 4 is 17.4 Å². The number of nitrogens with zero attached hydrogens (tertiary/aromatic N) is 2. The first kappa shape index (κ1) is 23.8. The topological polar surface area (TPSA) is 92.6 Å². The van der Waals surface area contributed by atoms with Crippen molar-refractivity contribution < 1.29 is 37.3 Å². The van der Waals surface area contributed by atoms with Crippen molar-refractivity contribution in [3.63, 3.8) is 0 Å². The number of aliphatic hydroxyl groups is 1.